The van der Waals surface area contributed by atoms with Gasteiger partial charge in [0.05, 0.1) is 5.52 Å². The Morgan fingerprint density at radius 2 is 1.88 bits per heavy atom. The first-order valence-corrected chi connectivity index (χ1v) is 5.78. The largest absolute Gasteiger partial charge is 0.364 e. The second kappa shape index (κ2) is 5.94. The fourth-order valence-corrected chi connectivity index (χ4v) is 1.47. The van der Waals surface area contributed by atoms with E-state index in [-0.39, 0.29) is 0 Å². The van der Waals surface area contributed by atoms with Crippen molar-refractivity contribution in [3.63, 3.8) is 0 Å². The SMILES string of the molecule is CC.CCc1nc(C(N)=O)c2ccccc2n1. The maximum atomic E-state index is 11.2. The molecule has 2 rings (SSSR count). The van der Waals surface area contributed by atoms with Gasteiger partial charge in [0.15, 0.2) is 0 Å². The van der Waals surface area contributed by atoms with Gasteiger partial charge in [-0.3, -0.25) is 4.79 Å². The van der Waals surface area contributed by atoms with Gasteiger partial charge in [-0.2, -0.15) is 0 Å². The Balaban J connectivity index is 0.000000686. The van der Waals surface area contributed by atoms with Crippen LogP contribution in [0.15, 0.2) is 24.3 Å². The Labute approximate surface area is 101 Å². The number of carbonyl (C=O) groups excluding carboxylic acids is 1. The minimum atomic E-state index is -0.511. The first-order valence-electron chi connectivity index (χ1n) is 5.78. The number of aromatic nitrogens is 2. The molecule has 0 atom stereocenters. The molecule has 0 bridgehead atoms. The molecule has 0 unspecified atom stereocenters. The molecule has 1 amide bonds. The summed E-state index contributed by atoms with van der Waals surface area (Å²) in [6.07, 6.45) is 0.686. The number of hydrogen-bond acceptors (Lipinski definition) is 3. The van der Waals surface area contributed by atoms with Crippen molar-refractivity contribution >= 4 is 16.8 Å². The molecule has 2 N–H and O–H groups in total. The van der Waals surface area contributed by atoms with Crippen molar-refractivity contribution in [2.24, 2.45) is 5.73 Å². The quantitative estimate of drug-likeness (QED) is 0.862. The number of hydrogen-bond donors (Lipinski definition) is 1. The van der Waals surface area contributed by atoms with E-state index in [1.165, 1.54) is 0 Å². The van der Waals surface area contributed by atoms with Crippen LogP contribution in [-0.4, -0.2) is 15.9 Å². The van der Waals surface area contributed by atoms with Crippen LogP contribution in [0.3, 0.4) is 0 Å². The van der Waals surface area contributed by atoms with Crippen LogP contribution in [0.25, 0.3) is 10.9 Å². The van der Waals surface area contributed by atoms with Gasteiger partial charge in [0.1, 0.15) is 11.5 Å². The van der Waals surface area contributed by atoms with Crippen LogP contribution in [-0.2, 0) is 6.42 Å². The van der Waals surface area contributed by atoms with E-state index in [1.54, 1.807) is 6.07 Å². The van der Waals surface area contributed by atoms with E-state index in [2.05, 4.69) is 9.97 Å². The molecule has 0 fully saturated rings. The summed E-state index contributed by atoms with van der Waals surface area (Å²) in [5, 5.41) is 0.710. The molecule has 0 radical (unpaired) electrons. The lowest BCUT2D eigenvalue weighted by atomic mass is 10.1. The van der Waals surface area contributed by atoms with Crippen molar-refractivity contribution in [1.82, 2.24) is 9.97 Å². The molecular formula is C13H17N3O. The fourth-order valence-electron chi connectivity index (χ4n) is 1.47. The van der Waals surface area contributed by atoms with Crippen LogP contribution in [0.1, 0.15) is 37.1 Å². The summed E-state index contributed by atoms with van der Waals surface area (Å²) < 4.78 is 0. The molecule has 1 aromatic carbocycles. The lowest BCUT2D eigenvalue weighted by Crippen LogP contribution is -2.15. The summed E-state index contributed by atoms with van der Waals surface area (Å²) in [5.74, 6) is 0.130. The molecule has 2 aromatic rings. The smallest absolute Gasteiger partial charge is 0.268 e. The maximum absolute atomic E-state index is 11.2. The second-order valence-corrected chi connectivity index (χ2v) is 3.22. The predicted molar refractivity (Wildman–Crippen MR) is 68.8 cm³/mol. The van der Waals surface area contributed by atoms with Gasteiger partial charge in [-0.25, -0.2) is 9.97 Å². The molecule has 17 heavy (non-hydrogen) atoms. The first-order chi connectivity index (χ1) is 8.22. The van der Waals surface area contributed by atoms with Crippen LogP contribution < -0.4 is 5.73 Å². The molecule has 0 saturated carbocycles. The Kier molecular flexibility index (Phi) is 4.57. The molecule has 1 heterocycles. The Morgan fingerprint density at radius 3 is 2.47 bits per heavy atom. The topological polar surface area (TPSA) is 68.9 Å². The molecule has 4 heteroatoms. The number of aryl methyl sites for hydroxylation is 1. The minimum absolute atomic E-state index is 0.303. The zero-order chi connectivity index (χ0) is 12.8. The predicted octanol–water partition coefficient (Wildman–Crippen LogP) is 2.32. The van der Waals surface area contributed by atoms with E-state index >= 15 is 0 Å². The Morgan fingerprint density at radius 1 is 1.24 bits per heavy atom. The van der Waals surface area contributed by atoms with Gasteiger partial charge in [-0.1, -0.05) is 39.0 Å². The van der Waals surface area contributed by atoms with Gasteiger partial charge in [-0.15, -0.1) is 0 Å². The summed E-state index contributed by atoms with van der Waals surface area (Å²) >= 11 is 0. The van der Waals surface area contributed by atoms with Gasteiger partial charge in [0.25, 0.3) is 5.91 Å². The van der Waals surface area contributed by atoms with E-state index in [9.17, 15) is 4.79 Å². The number of primary amides is 1. The molecule has 1 aromatic heterocycles. The fraction of sp³-hybridized carbons (Fsp3) is 0.308. The third-order valence-corrected chi connectivity index (χ3v) is 2.20. The van der Waals surface area contributed by atoms with Gasteiger partial charge in [-0.05, 0) is 6.07 Å². The highest BCUT2D eigenvalue weighted by molar-refractivity contribution is 6.03. The molecule has 0 aliphatic rings. The van der Waals surface area contributed by atoms with Crippen molar-refractivity contribution in [3.8, 4) is 0 Å². The number of carbonyl (C=O) groups is 1. The summed E-state index contributed by atoms with van der Waals surface area (Å²) in [6, 6.07) is 7.36. The molecule has 0 spiro atoms. The van der Waals surface area contributed by atoms with Crippen LogP contribution in [0.4, 0.5) is 0 Å². The number of benzene rings is 1. The highest BCUT2D eigenvalue weighted by Crippen LogP contribution is 2.15. The third kappa shape index (κ3) is 2.78. The summed E-state index contributed by atoms with van der Waals surface area (Å²) in [5.41, 5.74) is 6.34. The van der Waals surface area contributed by atoms with Gasteiger partial charge < -0.3 is 5.73 Å². The highest BCUT2D eigenvalue weighted by atomic mass is 16.1. The Hall–Kier alpha value is -1.97. The summed E-state index contributed by atoms with van der Waals surface area (Å²) in [6.45, 7) is 5.94. The van der Waals surface area contributed by atoms with E-state index in [1.807, 2.05) is 39.0 Å². The van der Waals surface area contributed by atoms with Crippen LogP contribution in [0.2, 0.25) is 0 Å². The average Bonchev–Trinajstić information content (AvgIpc) is 2.39. The van der Waals surface area contributed by atoms with E-state index in [4.69, 9.17) is 5.73 Å². The van der Waals surface area contributed by atoms with Crippen LogP contribution >= 0.6 is 0 Å². The van der Waals surface area contributed by atoms with Crippen molar-refractivity contribution in [1.29, 1.82) is 0 Å². The molecule has 0 saturated heterocycles. The van der Waals surface area contributed by atoms with Crippen molar-refractivity contribution < 1.29 is 4.79 Å². The molecule has 0 aliphatic heterocycles. The van der Waals surface area contributed by atoms with E-state index < -0.39 is 5.91 Å². The number of amides is 1. The minimum Gasteiger partial charge on any atom is -0.364 e. The van der Waals surface area contributed by atoms with E-state index in [0.717, 1.165) is 5.52 Å². The van der Waals surface area contributed by atoms with Crippen LogP contribution in [0.5, 0.6) is 0 Å². The van der Waals surface area contributed by atoms with Crippen molar-refractivity contribution in [3.05, 3.63) is 35.8 Å². The number of nitrogens with zero attached hydrogens (tertiary/aromatic N) is 2. The maximum Gasteiger partial charge on any atom is 0.268 e. The molecular weight excluding hydrogens is 214 g/mol. The van der Waals surface area contributed by atoms with Gasteiger partial charge in [0, 0.05) is 11.8 Å². The highest BCUT2D eigenvalue weighted by Gasteiger charge is 2.10. The zero-order valence-electron chi connectivity index (χ0n) is 10.4. The number of fused-ring (bicyclic) bond motifs is 1. The third-order valence-electron chi connectivity index (χ3n) is 2.20. The standard InChI is InChI=1S/C11H11N3O.C2H6/c1-2-9-13-8-6-4-3-5-7(8)10(14-9)11(12)15;1-2/h3-6H,2H2,1H3,(H2,12,15);1-2H3. The monoisotopic (exact) mass is 231 g/mol. The Bertz CT molecular complexity index is 523. The van der Waals surface area contributed by atoms with Gasteiger partial charge in [0.2, 0.25) is 0 Å². The number of rotatable bonds is 2. The molecule has 90 valence electrons. The zero-order valence-corrected chi connectivity index (χ0v) is 10.4. The lowest BCUT2D eigenvalue weighted by Gasteiger charge is -2.04. The normalized spacial score (nSPS) is 9.59. The molecule has 4 nitrogen and oxygen atoms in total. The number of nitrogens with two attached hydrogens (primary N) is 1. The lowest BCUT2D eigenvalue weighted by molar-refractivity contribution is 0.0997. The summed E-state index contributed by atoms with van der Waals surface area (Å²) in [7, 11) is 0. The van der Waals surface area contributed by atoms with Crippen molar-refractivity contribution in [2.75, 3.05) is 0 Å². The second-order valence-electron chi connectivity index (χ2n) is 3.22. The van der Waals surface area contributed by atoms with Gasteiger partial charge >= 0.3 is 0 Å². The van der Waals surface area contributed by atoms with Crippen LogP contribution in [0, 0.1) is 0 Å². The van der Waals surface area contributed by atoms with E-state index in [0.29, 0.717) is 23.3 Å². The average molecular weight is 231 g/mol. The van der Waals surface area contributed by atoms with Crippen molar-refractivity contribution in [2.45, 2.75) is 27.2 Å². The summed E-state index contributed by atoms with van der Waals surface area (Å²) in [4.78, 5) is 19.7. The molecule has 0 aliphatic carbocycles. The first kappa shape index (κ1) is 13.1. The number of para-hydroxylation sites is 1.